The van der Waals surface area contributed by atoms with Gasteiger partial charge in [-0.2, -0.15) is 0 Å². The summed E-state index contributed by atoms with van der Waals surface area (Å²) in [5.41, 5.74) is 8.31. The van der Waals surface area contributed by atoms with Crippen LogP contribution in [0.1, 0.15) is 18.1 Å². The first-order valence-corrected chi connectivity index (χ1v) is 8.30. The molecule has 0 unspecified atom stereocenters. The molecule has 4 nitrogen and oxygen atoms in total. The fraction of sp³-hybridized carbons (Fsp3) is 0.250. The number of aryl methyl sites for hydroxylation is 1. The van der Waals surface area contributed by atoms with Gasteiger partial charge in [0.25, 0.3) is 10.0 Å². The Kier molecular flexibility index (Phi) is 4.65. The van der Waals surface area contributed by atoms with Crippen molar-refractivity contribution >= 4 is 15.7 Å². The van der Waals surface area contributed by atoms with Crippen LogP contribution in [0, 0.1) is 0 Å². The smallest absolute Gasteiger partial charge is 0.264 e. The molecule has 0 aromatic heterocycles. The Morgan fingerprint density at radius 2 is 1.71 bits per heavy atom. The Hall–Kier alpha value is -1.85. The van der Waals surface area contributed by atoms with Gasteiger partial charge in [0.1, 0.15) is 0 Å². The first kappa shape index (κ1) is 15.5. The Morgan fingerprint density at radius 1 is 1.05 bits per heavy atom. The predicted octanol–water partition coefficient (Wildman–Crippen LogP) is 2.53. The molecule has 2 aromatic carbocycles. The number of sulfonamides is 1. The van der Waals surface area contributed by atoms with Crippen molar-refractivity contribution in [1.29, 1.82) is 0 Å². The maximum atomic E-state index is 12.7. The van der Waals surface area contributed by atoms with E-state index in [0.717, 1.165) is 17.5 Å². The summed E-state index contributed by atoms with van der Waals surface area (Å²) in [7, 11) is -2.02. The topological polar surface area (TPSA) is 63.4 Å². The summed E-state index contributed by atoms with van der Waals surface area (Å²) >= 11 is 0. The quantitative estimate of drug-likeness (QED) is 0.923. The van der Waals surface area contributed by atoms with Crippen LogP contribution in [0.5, 0.6) is 0 Å². The molecule has 0 radical (unpaired) electrons. The van der Waals surface area contributed by atoms with Crippen LogP contribution in [-0.4, -0.2) is 15.5 Å². The molecule has 0 saturated heterocycles. The molecule has 0 saturated carbocycles. The van der Waals surface area contributed by atoms with Gasteiger partial charge in [0.05, 0.1) is 10.6 Å². The summed E-state index contributed by atoms with van der Waals surface area (Å²) in [4.78, 5) is 0.270. The standard InChI is InChI=1S/C16H20N2O2S/c1-3-13-9-10-16(11-14(13)12-17)21(19,20)18(2)15-7-5-4-6-8-15/h4-11H,3,12,17H2,1-2H3. The Morgan fingerprint density at radius 3 is 2.29 bits per heavy atom. The van der Waals surface area contributed by atoms with E-state index in [1.54, 1.807) is 31.3 Å². The van der Waals surface area contributed by atoms with E-state index in [9.17, 15) is 8.42 Å². The number of para-hydroxylation sites is 1. The van der Waals surface area contributed by atoms with Crippen LogP contribution < -0.4 is 10.0 Å². The van der Waals surface area contributed by atoms with Gasteiger partial charge in [0.15, 0.2) is 0 Å². The minimum atomic E-state index is -3.57. The van der Waals surface area contributed by atoms with Crippen LogP contribution in [0.2, 0.25) is 0 Å². The molecule has 0 aliphatic rings. The molecule has 0 spiro atoms. The lowest BCUT2D eigenvalue weighted by molar-refractivity contribution is 0.594. The van der Waals surface area contributed by atoms with Crippen molar-refractivity contribution in [3.8, 4) is 0 Å². The van der Waals surface area contributed by atoms with Gasteiger partial charge in [0, 0.05) is 13.6 Å². The molecular weight excluding hydrogens is 284 g/mol. The Balaban J connectivity index is 2.45. The lowest BCUT2D eigenvalue weighted by Gasteiger charge is -2.20. The normalized spacial score (nSPS) is 11.4. The van der Waals surface area contributed by atoms with Gasteiger partial charge < -0.3 is 5.73 Å². The summed E-state index contributed by atoms with van der Waals surface area (Å²) in [6.45, 7) is 2.36. The summed E-state index contributed by atoms with van der Waals surface area (Å²) in [5.74, 6) is 0. The van der Waals surface area contributed by atoms with Crippen molar-refractivity contribution in [2.75, 3.05) is 11.4 Å². The number of anilines is 1. The second kappa shape index (κ2) is 6.28. The number of rotatable bonds is 5. The number of hydrogen-bond acceptors (Lipinski definition) is 3. The highest BCUT2D eigenvalue weighted by Gasteiger charge is 2.21. The van der Waals surface area contributed by atoms with Crippen LogP contribution in [-0.2, 0) is 23.0 Å². The van der Waals surface area contributed by atoms with E-state index in [1.807, 2.05) is 31.2 Å². The molecule has 0 aliphatic heterocycles. The minimum absolute atomic E-state index is 0.270. The van der Waals surface area contributed by atoms with Gasteiger partial charge in [0.2, 0.25) is 0 Å². The third-order valence-corrected chi connectivity index (χ3v) is 5.34. The van der Waals surface area contributed by atoms with Gasteiger partial charge >= 0.3 is 0 Å². The molecule has 0 bridgehead atoms. The van der Waals surface area contributed by atoms with E-state index < -0.39 is 10.0 Å². The van der Waals surface area contributed by atoms with Gasteiger partial charge in [-0.1, -0.05) is 31.2 Å². The fourth-order valence-corrected chi connectivity index (χ4v) is 3.48. The molecule has 2 rings (SSSR count). The van der Waals surface area contributed by atoms with Crippen LogP contribution in [0.3, 0.4) is 0 Å². The molecule has 21 heavy (non-hydrogen) atoms. The fourth-order valence-electron chi connectivity index (χ4n) is 2.23. The zero-order valence-electron chi connectivity index (χ0n) is 12.3. The zero-order chi connectivity index (χ0) is 15.5. The van der Waals surface area contributed by atoms with E-state index >= 15 is 0 Å². The van der Waals surface area contributed by atoms with E-state index in [2.05, 4.69) is 0 Å². The van der Waals surface area contributed by atoms with E-state index in [0.29, 0.717) is 12.2 Å². The third kappa shape index (κ3) is 3.09. The van der Waals surface area contributed by atoms with E-state index in [4.69, 9.17) is 5.73 Å². The third-order valence-electron chi connectivity index (χ3n) is 3.56. The molecular formula is C16H20N2O2S. The van der Waals surface area contributed by atoms with Crippen molar-refractivity contribution in [2.24, 2.45) is 5.73 Å². The van der Waals surface area contributed by atoms with Gasteiger partial charge in [-0.15, -0.1) is 0 Å². The molecule has 112 valence electrons. The second-order valence-electron chi connectivity index (χ2n) is 4.80. The average Bonchev–Trinajstić information content (AvgIpc) is 2.54. The molecule has 0 aliphatic carbocycles. The monoisotopic (exact) mass is 304 g/mol. The predicted molar refractivity (Wildman–Crippen MR) is 85.7 cm³/mol. The van der Waals surface area contributed by atoms with Crippen LogP contribution in [0.4, 0.5) is 5.69 Å². The first-order valence-electron chi connectivity index (χ1n) is 6.86. The summed E-state index contributed by atoms with van der Waals surface area (Å²) < 4.78 is 26.7. The number of nitrogens with two attached hydrogens (primary N) is 1. The molecule has 2 N–H and O–H groups in total. The van der Waals surface area contributed by atoms with Crippen LogP contribution in [0.15, 0.2) is 53.4 Å². The Labute approximate surface area is 126 Å². The Bertz CT molecular complexity index is 712. The van der Waals surface area contributed by atoms with Crippen molar-refractivity contribution in [1.82, 2.24) is 0 Å². The lowest BCUT2D eigenvalue weighted by Crippen LogP contribution is -2.26. The largest absolute Gasteiger partial charge is 0.326 e. The van der Waals surface area contributed by atoms with E-state index in [1.165, 1.54) is 4.31 Å². The molecule has 0 atom stereocenters. The van der Waals surface area contributed by atoms with Crippen LogP contribution in [0.25, 0.3) is 0 Å². The number of hydrogen-bond donors (Lipinski definition) is 1. The first-order chi connectivity index (χ1) is 10.0. The molecule has 0 heterocycles. The molecule has 0 amide bonds. The average molecular weight is 304 g/mol. The SMILES string of the molecule is CCc1ccc(S(=O)(=O)N(C)c2ccccc2)cc1CN. The summed E-state index contributed by atoms with van der Waals surface area (Å²) in [6, 6.07) is 14.2. The van der Waals surface area contributed by atoms with Crippen molar-refractivity contribution in [2.45, 2.75) is 24.8 Å². The molecule has 0 fully saturated rings. The van der Waals surface area contributed by atoms with Crippen molar-refractivity contribution in [3.05, 3.63) is 59.7 Å². The van der Waals surface area contributed by atoms with Crippen LogP contribution >= 0.6 is 0 Å². The highest BCUT2D eigenvalue weighted by atomic mass is 32.2. The van der Waals surface area contributed by atoms with Crippen molar-refractivity contribution in [3.63, 3.8) is 0 Å². The minimum Gasteiger partial charge on any atom is -0.326 e. The maximum Gasteiger partial charge on any atom is 0.264 e. The molecule has 5 heteroatoms. The molecule has 2 aromatic rings. The highest BCUT2D eigenvalue weighted by Crippen LogP contribution is 2.23. The van der Waals surface area contributed by atoms with Gasteiger partial charge in [-0.05, 0) is 41.8 Å². The number of nitrogens with zero attached hydrogens (tertiary/aromatic N) is 1. The van der Waals surface area contributed by atoms with Gasteiger partial charge in [-0.25, -0.2) is 8.42 Å². The van der Waals surface area contributed by atoms with Crippen molar-refractivity contribution < 1.29 is 8.42 Å². The number of benzene rings is 2. The van der Waals surface area contributed by atoms with Gasteiger partial charge in [-0.3, -0.25) is 4.31 Å². The lowest BCUT2D eigenvalue weighted by atomic mass is 10.1. The van der Waals surface area contributed by atoms with E-state index in [-0.39, 0.29) is 4.90 Å². The maximum absolute atomic E-state index is 12.7. The summed E-state index contributed by atoms with van der Waals surface area (Å²) in [5, 5.41) is 0. The zero-order valence-corrected chi connectivity index (χ0v) is 13.1. The summed E-state index contributed by atoms with van der Waals surface area (Å²) in [6.07, 6.45) is 0.835. The highest BCUT2D eigenvalue weighted by molar-refractivity contribution is 7.92. The second-order valence-corrected chi connectivity index (χ2v) is 6.77.